The molecule has 0 aromatic carbocycles. The summed E-state index contributed by atoms with van der Waals surface area (Å²) in [6.07, 6.45) is 6.04. The van der Waals surface area contributed by atoms with Crippen LogP contribution in [0, 0.1) is 13.8 Å². The van der Waals surface area contributed by atoms with Crippen molar-refractivity contribution >= 4 is 17.2 Å². The van der Waals surface area contributed by atoms with Crippen LogP contribution < -0.4 is 5.32 Å². The third kappa shape index (κ3) is 2.63. The van der Waals surface area contributed by atoms with Gasteiger partial charge in [-0.1, -0.05) is 0 Å². The minimum Gasteiger partial charge on any atom is -0.333 e. The van der Waals surface area contributed by atoms with Crippen LogP contribution in [0.15, 0.2) is 6.07 Å². The molecule has 1 N–H and O–H groups in total. The molecule has 4 heteroatoms. The summed E-state index contributed by atoms with van der Waals surface area (Å²) in [5.41, 5.74) is 1.24. The summed E-state index contributed by atoms with van der Waals surface area (Å²) in [7, 11) is 0. The number of carbonyl (C=O) groups is 1. The number of likely N-dealkylation sites (tertiary alicyclic amines) is 1. The van der Waals surface area contributed by atoms with Gasteiger partial charge in [0.1, 0.15) is 0 Å². The van der Waals surface area contributed by atoms with Gasteiger partial charge in [0, 0.05) is 23.5 Å². The minimum absolute atomic E-state index is 0.254. The van der Waals surface area contributed by atoms with Crippen molar-refractivity contribution in [3.8, 4) is 0 Å². The first-order valence-electron chi connectivity index (χ1n) is 7.78. The molecule has 1 aromatic rings. The van der Waals surface area contributed by atoms with E-state index >= 15 is 0 Å². The Morgan fingerprint density at radius 2 is 2.15 bits per heavy atom. The molecule has 3 rings (SSSR count). The summed E-state index contributed by atoms with van der Waals surface area (Å²) >= 11 is 1.65. The van der Waals surface area contributed by atoms with E-state index in [0.717, 1.165) is 30.8 Å². The molecule has 2 saturated heterocycles. The Morgan fingerprint density at radius 3 is 2.80 bits per heavy atom. The number of hydrogen-bond donors (Lipinski definition) is 1. The number of rotatable bonds is 2. The largest absolute Gasteiger partial charge is 0.333 e. The predicted molar refractivity (Wildman–Crippen MR) is 83.5 cm³/mol. The first-order valence-corrected chi connectivity index (χ1v) is 8.60. The van der Waals surface area contributed by atoms with Crippen molar-refractivity contribution in [3.05, 3.63) is 21.4 Å². The van der Waals surface area contributed by atoms with Crippen LogP contribution in [0.2, 0.25) is 0 Å². The molecule has 3 heterocycles. The normalized spacial score (nSPS) is 27.0. The fraction of sp³-hybridized carbons (Fsp3) is 0.688. The van der Waals surface area contributed by atoms with Gasteiger partial charge in [-0.3, -0.25) is 4.79 Å². The van der Waals surface area contributed by atoms with Crippen LogP contribution in [0.1, 0.15) is 52.2 Å². The van der Waals surface area contributed by atoms with E-state index in [9.17, 15) is 4.79 Å². The molecule has 110 valence electrons. The van der Waals surface area contributed by atoms with Gasteiger partial charge in [0.2, 0.25) is 0 Å². The van der Waals surface area contributed by atoms with E-state index in [1.54, 1.807) is 11.3 Å². The molecule has 3 nitrogen and oxygen atoms in total. The minimum atomic E-state index is 0.254. The Kier molecular flexibility index (Phi) is 4.13. The molecule has 2 aliphatic heterocycles. The third-order valence-electron chi connectivity index (χ3n) is 4.75. The maximum Gasteiger partial charge on any atom is 0.264 e. The molecule has 20 heavy (non-hydrogen) atoms. The standard InChI is InChI=1S/C16H24N2OS/c1-11-10-15(20-12(11)2)16(19)18-9-4-3-7-14(18)13-6-5-8-17-13/h10,13-14,17H,3-9H2,1-2H3. The zero-order valence-corrected chi connectivity index (χ0v) is 13.3. The third-order valence-corrected chi connectivity index (χ3v) is 5.89. The average Bonchev–Trinajstić information content (AvgIpc) is 3.09. The van der Waals surface area contributed by atoms with E-state index in [0.29, 0.717) is 12.1 Å². The molecular formula is C16H24N2OS. The van der Waals surface area contributed by atoms with Crippen molar-refractivity contribution in [2.45, 2.75) is 58.0 Å². The van der Waals surface area contributed by atoms with E-state index < -0.39 is 0 Å². The monoisotopic (exact) mass is 292 g/mol. The van der Waals surface area contributed by atoms with E-state index in [1.807, 2.05) is 0 Å². The number of amides is 1. The first kappa shape index (κ1) is 14.1. The number of aryl methyl sites for hydroxylation is 2. The number of nitrogens with zero attached hydrogens (tertiary/aromatic N) is 1. The molecule has 2 unspecified atom stereocenters. The second-order valence-electron chi connectivity index (χ2n) is 6.11. The number of hydrogen-bond acceptors (Lipinski definition) is 3. The lowest BCUT2D eigenvalue weighted by atomic mass is 9.94. The van der Waals surface area contributed by atoms with Crippen molar-refractivity contribution in [2.24, 2.45) is 0 Å². The van der Waals surface area contributed by atoms with Crippen LogP contribution in [0.3, 0.4) is 0 Å². The van der Waals surface area contributed by atoms with E-state index in [4.69, 9.17) is 0 Å². The Labute approximate surface area is 125 Å². The smallest absolute Gasteiger partial charge is 0.264 e. The predicted octanol–water partition coefficient (Wildman–Crippen LogP) is 3.11. The lowest BCUT2D eigenvalue weighted by molar-refractivity contribution is 0.0568. The van der Waals surface area contributed by atoms with Crippen LogP contribution in [-0.4, -0.2) is 36.0 Å². The Balaban J connectivity index is 1.79. The Bertz CT molecular complexity index is 471. The average molecular weight is 292 g/mol. The zero-order valence-electron chi connectivity index (χ0n) is 12.4. The fourth-order valence-electron chi connectivity index (χ4n) is 3.49. The zero-order chi connectivity index (χ0) is 14.1. The van der Waals surface area contributed by atoms with E-state index in [2.05, 4.69) is 30.1 Å². The van der Waals surface area contributed by atoms with Gasteiger partial charge >= 0.3 is 0 Å². The van der Waals surface area contributed by atoms with Crippen molar-refractivity contribution in [1.82, 2.24) is 10.2 Å². The van der Waals surface area contributed by atoms with Gasteiger partial charge in [-0.15, -0.1) is 11.3 Å². The fourth-order valence-corrected chi connectivity index (χ4v) is 4.48. The van der Waals surface area contributed by atoms with Crippen LogP contribution in [0.25, 0.3) is 0 Å². The molecule has 2 atom stereocenters. The summed E-state index contributed by atoms with van der Waals surface area (Å²) < 4.78 is 0. The van der Waals surface area contributed by atoms with Crippen molar-refractivity contribution in [3.63, 3.8) is 0 Å². The molecule has 0 bridgehead atoms. The molecule has 0 saturated carbocycles. The highest BCUT2D eigenvalue weighted by Gasteiger charge is 2.35. The number of nitrogens with one attached hydrogen (secondary N) is 1. The number of piperidine rings is 1. The second-order valence-corrected chi connectivity index (χ2v) is 7.37. The summed E-state index contributed by atoms with van der Waals surface area (Å²) in [6.45, 7) is 6.23. The topological polar surface area (TPSA) is 32.3 Å². The van der Waals surface area contributed by atoms with Crippen LogP contribution in [-0.2, 0) is 0 Å². The van der Waals surface area contributed by atoms with Crippen molar-refractivity contribution in [2.75, 3.05) is 13.1 Å². The van der Waals surface area contributed by atoms with Gasteiger partial charge in [0.25, 0.3) is 5.91 Å². The quantitative estimate of drug-likeness (QED) is 0.908. The van der Waals surface area contributed by atoms with Crippen LogP contribution in [0.5, 0.6) is 0 Å². The first-order chi connectivity index (χ1) is 9.66. The highest BCUT2D eigenvalue weighted by atomic mass is 32.1. The van der Waals surface area contributed by atoms with Crippen LogP contribution >= 0.6 is 11.3 Å². The molecule has 1 aromatic heterocycles. The van der Waals surface area contributed by atoms with Gasteiger partial charge in [0.05, 0.1) is 4.88 Å². The van der Waals surface area contributed by atoms with Gasteiger partial charge in [-0.05, 0) is 64.1 Å². The summed E-state index contributed by atoms with van der Waals surface area (Å²) in [5, 5.41) is 3.59. The van der Waals surface area contributed by atoms with Crippen LogP contribution in [0.4, 0.5) is 0 Å². The lowest BCUT2D eigenvalue weighted by Gasteiger charge is -2.39. The van der Waals surface area contributed by atoms with Gasteiger partial charge in [-0.2, -0.15) is 0 Å². The van der Waals surface area contributed by atoms with Gasteiger partial charge in [-0.25, -0.2) is 0 Å². The van der Waals surface area contributed by atoms with E-state index in [1.165, 1.54) is 29.7 Å². The SMILES string of the molecule is Cc1cc(C(=O)N2CCCCC2C2CCCN2)sc1C. The van der Waals surface area contributed by atoms with Gasteiger partial charge in [0.15, 0.2) is 0 Å². The Hall–Kier alpha value is -0.870. The number of carbonyl (C=O) groups excluding carboxylic acids is 1. The number of thiophene rings is 1. The molecule has 0 aliphatic carbocycles. The summed E-state index contributed by atoms with van der Waals surface area (Å²) in [6, 6.07) is 2.98. The maximum atomic E-state index is 12.8. The Morgan fingerprint density at radius 1 is 1.30 bits per heavy atom. The molecule has 0 radical (unpaired) electrons. The molecule has 0 spiro atoms. The van der Waals surface area contributed by atoms with Crippen molar-refractivity contribution < 1.29 is 4.79 Å². The lowest BCUT2D eigenvalue weighted by Crippen LogP contribution is -2.52. The van der Waals surface area contributed by atoms with Gasteiger partial charge < -0.3 is 10.2 Å². The highest BCUT2D eigenvalue weighted by molar-refractivity contribution is 7.14. The van der Waals surface area contributed by atoms with Crippen molar-refractivity contribution in [1.29, 1.82) is 0 Å². The molecule has 2 aliphatic rings. The van der Waals surface area contributed by atoms with E-state index in [-0.39, 0.29) is 5.91 Å². The second kappa shape index (κ2) is 5.86. The summed E-state index contributed by atoms with van der Waals surface area (Å²) in [4.78, 5) is 17.2. The highest BCUT2D eigenvalue weighted by Crippen LogP contribution is 2.28. The maximum absolute atomic E-state index is 12.8. The summed E-state index contributed by atoms with van der Waals surface area (Å²) in [5.74, 6) is 0.254. The molecular weight excluding hydrogens is 268 g/mol. The molecule has 2 fully saturated rings. The molecule has 1 amide bonds.